The molecule has 1 aromatic heterocycles. The van der Waals surface area contributed by atoms with Gasteiger partial charge in [0.1, 0.15) is 0 Å². The average Bonchev–Trinajstić information content (AvgIpc) is 3.47. The van der Waals surface area contributed by atoms with Gasteiger partial charge in [-0.1, -0.05) is 115 Å². The van der Waals surface area contributed by atoms with E-state index in [1.165, 1.54) is 70.7 Å². The summed E-state index contributed by atoms with van der Waals surface area (Å²) in [6, 6.07) is 58.5. The van der Waals surface area contributed by atoms with E-state index in [9.17, 15) is 0 Å². The molecular weight excluding hydrogens is 577 g/mol. The first-order chi connectivity index (χ1) is 22.7. The second-order valence-corrected chi connectivity index (χ2v) is 12.8. The Morgan fingerprint density at radius 2 is 1.00 bits per heavy atom. The molecule has 214 valence electrons. The van der Waals surface area contributed by atoms with Gasteiger partial charge in [-0.15, -0.1) is 0 Å². The molecule has 2 heterocycles. The first-order valence-electron chi connectivity index (χ1n) is 15.4. The van der Waals surface area contributed by atoms with Crippen molar-refractivity contribution >= 4 is 33.6 Å². The third-order valence-corrected chi connectivity index (χ3v) is 10.1. The van der Waals surface area contributed by atoms with Gasteiger partial charge < -0.3 is 4.57 Å². The zero-order valence-electron chi connectivity index (χ0n) is 24.8. The minimum atomic E-state index is 0.675. The highest BCUT2D eigenvalue weighted by molar-refractivity contribution is 7.99. The van der Waals surface area contributed by atoms with Crippen LogP contribution in [0.25, 0.3) is 72.0 Å². The quantitative estimate of drug-likeness (QED) is 0.200. The van der Waals surface area contributed by atoms with Crippen LogP contribution in [0.15, 0.2) is 168 Å². The van der Waals surface area contributed by atoms with Crippen LogP contribution in [0.2, 0.25) is 0 Å². The molecule has 0 amide bonds. The fourth-order valence-electron chi connectivity index (χ4n) is 6.75. The molecule has 0 bridgehead atoms. The topological polar surface area (TPSA) is 28.7 Å². The number of fused-ring (bicyclic) bond motifs is 5. The molecule has 1 aliphatic heterocycles. The first kappa shape index (κ1) is 26.6. The van der Waals surface area contributed by atoms with Crippen molar-refractivity contribution in [1.29, 1.82) is 5.26 Å². The number of hydrogen-bond donors (Lipinski definition) is 0. The molecule has 9 rings (SSSR count). The number of benzene rings is 7. The van der Waals surface area contributed by atoms with Crippen molar-refractivity contribution in [2.75, 3.05) is 0 Å². The summed E-state index contributed by atoms with van der Waals surface area (Å²) in [5.74, 6) is 0. The highest BCUT2D eigenvalue weighted by Crippen LogP contribution is 2.48. The molecule has 0 spiro atoms. The van der Waals surface area contributed by atoms with Crippen molar-refractivity contribution in [2.24, 2.45) is 0 Å². The Balaban J connectivity index is 1.09. The second-order valence-electron chi connectivity index (χ2n) is 11.7. The van der Waals surface area contributed by atoms with E-state index in [2.05, 4.69) is 144 Å². The lowest BCUT2D eigenvalue weighted by Gasteiger charge is -2.20. The molecule has 46 heavy (non-hydrogen) atoms. The van der Waals surface area contributed by atoms with Crippen molar-refractivity contribution in [1.82, 2.24) is 4.57 Å². The van der Waals surface area contributed by atoms with Gasteiger partial charge in [0.25, 0.3) is 0 Å². The lowest BCUT2D eigenvalue weighted by molar-refractivity contribution is 1.09. The predicted molar refractivity (Wildman–Crippen MR) is 191 cm³/mol. The minimum absolute atomic E-state index is 0.675. The summed E-state index contributed by atoms with van der Waals surface area (Å²) in [7, 11) is 0. The Morgan fingerprint density at radius 1 is 0.435 bits per heavy atom. The third kappa shape index (κ3) is 4.35. The molecule has 2 nitrogen and oxygen atoms in total. The van der Waals surface area contributed by atoms with Crippen LogP contribution in [0.1, 0.15) is 5.56 Å². The molecule has 0 unspecified atom stereocenters. The molecule has 0 N–H and O–H groups in total. The monoisotopic (exact) mass is 602 g/mol. The smallest absolute Gasteiger partial charge is 0.0991 e. The van der Waals surface area contributed by atoms with Crippen LogP contribution in [-0.4, -0.2) is 4.57 Å². The van der Waals surface area contributed by atoms with E-state index < -0.39 is 0 Å². The first-order valence-corrected chi connectivity index (χ1v) is 16.2. The number of nitriles is 1. The number of rotatable bonds is 4. The molecule has 0 atom stereocenters. The molecule has 8 aromatic rings. The fourth-order valence-corrected chi connectivity index (χ4v) is 7.88. The van der Waals surface area contributed by atoms with Gasteiger partial charge in [0.15, 0.2) is 0 Å². The molecule has 0 saturated heterocycles. The van der Waals surface area contributed by atoms with Crippen molar-refractivity contribution in [2.45, 2.75) is 9.79 Å². The van der Waals surface area contributed by atoms with Crippen LogP contribution in [0.3, 0.4) is 0 Å². The van der Waals surface area contributed by atoms with Gasteiger partial charge in [0.05, 0.1) is 28.4 Å². The average molecular weight is 603 g/mol. The van der Waals surface area contributed by atoms with Gasteiger partial charge in [0, 0.05) is 20.6 Å². The van der Waals surface area contributed by atoms with Crippen molar-refractivity contribution in [3.8, 4) is 56.3 Å². The maximum absolute atomic E-state index is 9.11. The second kappa shape index (κ2) is 10.7. The van der Waals surface area contributed by atoms with Crippen LogP contribution in [0, 0.1) is 11.3 Å². The summed E-state index contributed by atoms with van der Waals surface area (Å²) in [4.78, 5) is 2.57. The van der Waals surface area contributed by atoms with Crippen molar-refractivity contribution < 1.29 is 0 Å². The zero-order chi connectivity index (χ0) is 30.6. The summed E-state index contributed by atoms with van der Waals surface area (Å²) in [6.07, 6.45) is 0. The van der Waals surface area contributed by atoms with Crippen LogP contribution in [-0.2, 0) is 0 Å². The summed E-state index contributed by atoms with van der Waals surface area (Å²) in [5.41, 5.74) is 13.9. The fraction of sp³-hybridized carbons (Fsp3) is 0. The summed E-state index contributed by atoms with van der Waals surface area (Å²) in [6.45, 7) is 0. The molecule has 0 fully saturated rings. The maximum atomic E-state index is 9.11. The maximum Gasteiger partial charge on any atom is 0.0991 e. The van der Waals surface area contributed by atoms with Crippen molar-refractivity contribution in [3.05, 3.63) is 163 Å². The van der Waals surface area contributed by atoms with Gasteiger partial charge in [-0.3, -0.25) is 0 Å². The predicted octanol–water partition coefficient (Wildman–Crippen LogP) is 11.8. The molecule has 3 heteroatoms. The number of nitrogens with zero attached hydrogens (tertiary/aromatic N) is 2. The molecule has 0 radical (unpaired) electrons. The van der Waals surface area contributed by atoms with Gasteiger partial charge in [-0.2, -0.15) is 5.26 Å². The van der Waals surface area contributed by atoms with E-state index in [0.29, 0.717) is 5.56 Å². The molecule has 0 saturated carbocycles. The Morgan fingerprint density at radius 3 is 1.70 bits per heavy atom. The normalized spacial score (nSPS) is 11.8. The number of hydrogen-bond acceptors (Lipinski definition) is 2. The minimum Gasteiger partial charge on any atom is -0.307 e. The summed E-state index contributed by atoms with van der Waals surface area (Å²) in [5, 5.41) is 11.7. The Hall–Kier alpha value is -5.82. The molecule has 7 aromatic carbocycles. The van der Waals surface area contributed by atoms with E-state index in [4.69, 9.17) is 5.26 Å². The summed E-state index contributed by atoms with van der Waals surface area (Å²) >= 11 is 1.87. The summed E-state index contributed by atoms with van der Waals surface area (Å²) < 4.78 is 2.44. The largest absolute Gasteiger partial charge is 0.307 e. The van der Waals surface area contributed by atoms with Crippen molar-refractivity contribution in [3.63, 3.8) is 0 Å². The van der Waals surface area contributed by atoms with Crippen LogP contribution in [0.5, 0.6) is 0 Å². The van der Waals surface area contributed by atoms with Crippen LogP contribution < -0.4 is 0 Å². The van der Waals surface area contributed by atoms with E-state index in [0.717, 1.165) is 11.1 Å². The Labute approximate surface area is 271 Å². The highest BCUT2D eigenvalue weighted by atomic mass is 32.2. The van der Waals surface area contributed by atoms with Gasteiger partial charge in [-0.25, -0.2) is 0 Å². The lowest BCUT2D eigenvalue weighted by Crippen LogP contribution is -2.01. The van der Waals surface area contributed by atoms with E-state index in [-0.39, 0.29) is 0 Å². The van der Waals surface area contributed by atoms with Crippen LogP contribution >= 0.6 is 11.8 Å². The third-order valence-electron chi connectivity index (χ3n) is 9.02. The van der Waals surface area contributed by atoms with Gasteiger partial charge >= 0.3 is 0 Å². The molecule has 0 aliphatic carbocycles. The van der Waals surface area contributed by atoms with E-state index >= 15 is 0 Å². The Bertz CT molecular complexity index is 2500. The lowest BCUT2D eigenvalue weighted by atomic mass is 9.95. The molecule has 1 aliphatic rings. The van der Waals surface area contributed by atoms with Gasteiger partial charge in [0.2, 0.25) is 0 Å². The number of para-hydroxylation sites is 2. The van der Waals surface area contributed by atoms with E-state index in [1.807, 2.05) is 36.0 Å². The SMILES string of the molecule is N#Cc1ccc(-c2ccc(-c3cccc(-c4cccc(-c5cc6c7c(c5)c5ccccc5n7-c5ccccc5S6)c4)c3)cc2)cc1. The highest BCUT2D eigenvalue weighted by Gasteiger charge is 2.23. The standard InChI is InChI=1S/C43H26N2S/c44-27-28-15-17-29(18-16-28)30-19-21-31(22-20-30)32-7-5-8-33(23-32)34-9-6-10-35(24-34)36-25-38-37-11-1-2-12-39(37)45-40-13-3-4-14-41(40)46-42(26-36)43(38)45/h1-26H. The molecular formula is C43H26N2S. The van der Waals surface area contributed by atoms with Crippen LogP contribution in [0.4, 0.5) is 0 Å². The zero-order valence-corrected chi connectivity index (χ0v) is 25.6. The Kier molecular flexibility index (Phi) is 6.16. The van der Waals surface area contributed by atoms with Gasteiger partial charge in [-0.05, 0) is 99.1 Å². The number of aromatic nitrogens is 1. The van der Waals surface area contributed by atoms with E-state index in [1.54, 1.807) is 0 Å².